The Morgan fingerprint density at radius 1 is 0.733 bits per heavy atom. The molecule has 94 valence electrons. The number of hydrogen-bond donors (Lipinski definition) is 5. The predicted molar refractivity (Wildman–Crippen MR) is 49.6 cm³/mol. The van der Waals surface area contributed by atoms with Crippen LogP contribution in [0.1, 0.15) is 0 Å². The molecule has 0 bridgehead atoms. The summed E-state index contributed by atoms with van der Waals surface area (Å²) in [6.07, 6.45) is 0. The third-order valence-corrected chi connectivity index (χ3v) is 3.77. The first-order valence-electron chi connectivity index (χ1n) is 2.28. The van der Waals surface area contributed by atoms with Gasteiger partial charge in [-0.2, -0.15) is 8.62 Å². The van der Waals surface area contributed by atoms with Gasteiger partial charge in [0.25, 0.3) is 0 Å². The van der Waals surface area contributed by atoms with Crippen LogP contribution < -0.4 is 0 Å². The van der Waals surface area contributed by atoms with E-state index >= 15 is 0 Å². The van der Waals surface area contributed by atoms with E-state index in [0.717, 1.165) is 0 Å². The highest BCUT2D eigenvalue weighted by Crippen LogP contribution is 2.64. The average Bonchev–Trinajstić information content (AvgIpc) is 1.43. The summed E-state index contributed by atoms with van der Waals surface area (Å²) in [4.78, 5) is 40.2. The Bertz CT molecular complexity index is 278. The van der Waals surface area contributed by atoms with Crippen molar-refractivity contribution in [3.05, 3.63) is 0 Å². The molecular weight excluding hydrogens is 296 g/mol. The second kappa shape index (κ2) is 6.59. The third-order valence-electron chi connectivity index (χ3n) is 0.419. The molecule has 7 N–H and O–H groups in total. The van der Waals surface area contributed by atoms with Crippen molar-refractivity contribution in [3.63, 3.8) is 0 Å². The van der Waals surface area contributed by atoms with Crippen LogP contribution in [0.5, 0.6) is 0 Å². The van der Waals surface area contributed by atoms with E-state index in [1.807, 2.05) is 0 Å². The summed E-state index contributed by atoms with van der Waals surface area (Å²) in [5.41, 5.74) is 0. The van der Waals surface area contributed by atoms with Crippen LogP contribution >= 0.6 is 23.5 Å². The van der Waals surface area contributed by atoms with Gasteiger partial charge in [-0.3, -0.25) is 0 Å². The summed E-state index contributed by atoms with van der Waals surface area (Å²) < 4.78 is 36.4. The second-order valence-electron chi connectivity index (χ2n) is 1.61. The molecule has 0 aliphatic carbocycles. The molecule has 15 heavy (non-hydrogen) atoms. The van der Waals surface area contributed by atoms with E-state index < -0.39 is 23.5 Å². The van der Waals surface area contributed by atoms with Gasteiger partial charge in [-0.15, -0.1) is 0 Å². The van der Waals surface area contributed by atoms with Gasteiger partial charge in [0.05, 0.1) is 0 Å². The fourth-order valence-electron chi connectivity index (χ4n) is 0.284. The quantitative estimate of drug-likeness (QED) is 0.268. The summed E-state index contributed by atoms with van der Waals surface area (Å²) in [5.74, 6) is 0. The lowest BCUT2D eigenvalue weighted by Crippen LogP contribution is -1.91. The zero-order valence-corrected chi connectivity index (χ0v) is 8.80. The summed E-state index contributed by atoms with van der Waals surface area (Å²) in [5, 5.41) is 0. The highest BCUT2D eigenvalue weighted by Gasteiger charge is 2.38. The second-order valence-corrected chi connectivity index (χ2v) is 5.82. The molecule has 0 rings (SSSR count). The minimum Gasteiger partial charge on any atom is -0.412 e. The first-order chi connectivity index (χ1) is 5.41. The maximum Gasteiger partial charge on any atom is 0.490 e. The lowest BCUT2D eigenvalue weighted by molar-refractivity contribution is 0.204. The lowest BCUT2D eigenvalue weighted by atomic mass is 15.7. The summed E-state index contributed by atoms with van der Waals surface area (Å²) in [7, 11) is -16.2. The molecule has 11 nitrogen and oxygen atoms in total. The highest BCUT2D eigenvalue weighted by atomic mass is 31.3. The van der Waals surface area contributed by atoms with Crippen molar-refractivity contribution in [2.75, 3.05) is 0 Å². The monoisotopic (exact) mass is 306 g/mol. The van der Waals surface area contributed by atoms with Crippen LogP contribution in [-0.2, 0) is 22.3 Å². The van der Waals surface area contributed by atoms with Gasteiger partial charge in [-0.1, -0.05) is 0 Å². The molecule has 0 atom stereocenters. The van der Waals surface area contributed by atoms with Crippen LogP contribution in [0.3, 0.4) is 0 Å². The molecule has 0 heterocycles. The highest BCUT2D eigenvalue weighted by molar-refractivity contribution is 7.66. The first kappa shape index (κ1) is 21.2. The van der Waals surface area contributed by atoms with Gasteiger partial charge in [0, 0.05) is 0 Å². The maximum atomic E-state index is 10.4. The maximum absolute atomic E-state index is 10.4. The lowest BCUT2D eigenvalue weighted by Gasteiger charge is -2.11. The van der Waals surface area contributed by atoms with Crippen LogP contribution in [0.15, 0.2) is 0 Å². The molecule has 0 aromatic heterocycles. The van der Waals surface area contributed by atoms with Gasteiger partial charge in [-0.05, 0) is 0 Å². The summed E-state index contributed by atoms with van der Waals surface area (Å²) in [6, 6.07) is 0. The Labute approximate surface area is 93.6 Å². The van der Waals surface area contributed by atoms with Gasteiger partial charge >= 0.3 is 23.5 Å². The number of rotatable bonds is 4. The first-order valence-corrected chi connectivity index (χ1v) is 6.83. The van der Waals surface area contributed by atoms with E-state index in [4.69, 9.17) is 24.5 Å². The fraction of sp³-hybridized carbons (Fsp3) is 0. The van der Waals surface area contributed by atoms with Crippen LogP contribution in [0.2, 0.25) is 0 Å². The van der Waals surface area contributed by atoms with Crippen LogP contribution in [-0.4, -0.2) is 47.3 Å². The van der Waals surface area contributed by atoms with Gasteiger partial charge in [-0.25, -0.2) is 13.7 Å². The molecular formula is H10AlO11P3. The Balaban J connectivity index is -0.000000720. The molecule has 0 radical (unpaired) electrons. The van der Waals surface area contributed by atoms with Crippen molar-refractivity contribution in [3.8, 4) is 0 Å². The average molecular weight is 306 g/mol. The molecule has 0 aliphatic heterocycles. The third kappa shape index (κ3) is 14.9. The van der Waals surface area contributed by atoms with Gasteiger partial charge in [0.15, 0.2) is 17.4 Å². The topological polar surface area (TPSA) is 202 Å². The molecule has 0 saturated carbocycles. The Hall–Kier alpha value is 0.902. The molecule has 0 aromatic carbocycles. The fourth-order valence-corrected chi connectivity index (χ4v) is 2.82. The molecule has 0 aliphatic rings. The van der Waals surface area contributed by atoms with Crippen molar-refractivity contribution in [1.82, 2.24) is 0 Å². The Morgan fingerprint density at radius 3 is 1.07 bits per heavy atom. The largest absolute Gasteiger partial charge is 0.490 e. The molecule has 0 aromatic rings. The summed E-state index contributed by atoms with van der Waals surface area (Å²) in [6.45, 7) is 0. The van der Waals surface area contributed by atoms with Crippen molar-refractivity contribution in [2.24, 2.45) is 0 Å². The molecule has 0 unspecified atom stereocenters. The predicted octanol–water partition coefficient (Wildman–Crippen LogP) is -2.70. The standard InChI is InChI=1S/Al.H5O10P3.H2O.3H/c;1-11(2,3)9-13(7,8)10-12(4,5)6;;;;/h;(H,7,8)(H2,1,2,3)(H2,4,5,6);1H2;;;. The van der Waals surface area contributed by atoms with Crippen molar-refractivity contribution >= 4 is 40.8 Å². The van der Waals surface area contributed by atoms with Crippen LogP contribution in [0.25, 0.3) is 0 Å². The molecule has 0 saturated heterocycles. The molecule has 0 amide bonds. The number of phosphoric acid groups is 3. The zero-order chi connectivity index (χ0) is 10.9. The Morgan fingerprint density at radius 2 is 0.933 bits per heavy atom. The number of hydrogen-bond acceptors (Lipinski definition) is 5. The van der Waals surface area contributed by atoms with E-state index in [1.54, 1.807) is 0 Å². The van der Waals surface area contributed by atoms with Gasteiger partial charge in [0.1, 0.15) is 0 Å². The van der Waals surface area contributed by atoms with Gasteiger partial charge < -0.3 is 29.9 Å². The summed E-state index contributed by atoms with van der Waals surface area (Å²) >= 11 is 0. The Kier molecular flexibility index (Phi) is 9.32. The van der Waals surface area contributed by atoms with Crippen molar-refractivity contribution in [2.45, 2.75) is 0 Å². The molecule has 0 fully saturated rings. The van der Waals surface area contributed by atoms with E-state index in [0.29, 0.717) is 0 Å². The van der Waals surface area contributed by atoms with Crippen molar-refractivity contribution in [1.29, 1.82) is 0 Å². The van der Waals surface area contributed by atoms with Crippen LogP contribution in [0, 0.1) is 0 Å². The van der Waals surface area contributed by atoms with E-state index in [2.05, 4.69) is 8.62 Å². The minimum atomic E-state index is -5.46. The van der Waals surface area contributed by atoms with Gasteiger partial charge in [0.2, 0.25) is 0 Å². The van der Waals surface area contributed by atoms with E-state index in [-0.39, 0.29) is 22.8 Å². The minimum absolute atomic E-state index is 0. The van der Waals surface area contributed by atoms with E-state index in [9.17, 15) is 13.7 Å². The van der Waals surface area contributed by atoms with Crippen LogP contribution in [0.4, 0.5) is 0 Å². The zero-order valence-electron chi connectivity index (χ0n) is 6.12. The normalized spacial score (nSPS) is 12.6. The van der Waals surface area contributed by atoms with E-state index in [1.165, 1.54) is 0 Å². The molecule has 0 spiro atoms. The molecule has 15 heteroatoms. The smallest absolute Gasteiger partial charge is 0.412 e. The SMILES string of the molecule is O.O=P(O)(O)OP(=O)(O)OP(=O)(O)O.[AlH3]. The van der Waals surface area contributed by atoms with Crippen molar-refractivity contribution < 1.29 is 52.3 Å².